The maximum absolute atomic E-state index is 13.7. The summed E-state index contributed by atoms with van der Waals surface area (Å²) in [4.78, 5) is 25.8. The highest BCUT2D eigenvalue weighted by molar-refractivity contribution is 8.00. The average molecular weight is 371 g/mol. The van der Waals surface area contributed by atoms with Crippen molar-refractivity contribution in [2.75, 3.05) is 11.1 Å². The molecule has 0 fully saturated rings. The van der Waals surface area contributed by atoms with Gasteiger partial charge in [0.05, 0.1) is 16.2 Å². The lowest BCUT2D eigenvalue weighted by Crippen LogP contribution is -2.13. The second-order valence-corrected chi connectivity index (χ2v) is 7.15. The Balaban J connectivity index is 1.64. The van der Waals surface area contributed by atoms with Gasteiger partial charge in [-0.1, -0.05) is 24.3 Å². The number of nitrogens with one attached hydrogen (secondary N) is 1. The van der Waals surface area contributed by atoms with E-state index in [1.54, 1.807) is 30.3 Å². The Bertz CT molecular complexity index is 894. The Kier molecular flexibility index (Phi) is 5.63. The predicted molar refractivity (Wildman–Crippen MR) is 100 cm³/mol. The second-order valence-electron chi connectivity index (χ2n) is 5.15. The van der Waals surface area contributed by atoms with Crippen LogP contribution in [0.2, 0.25) is 0 Å². The Morgan fingerprint density at radius 2 is 1.88 bits per heavy atom. The van der Waals surface area contributed by atoms with E-state index in [4.69, 9.17) is 0 Å². The molecule has 0 saturated carbocycles. The quantitative estimate of drug-likeness (QED) is 0.483. The number of carbonyl (C=O) groups is 2. The summed E-state index contributed by atoms with van der Waals surface area (Å²) < 4.78 is 13.7. The van der Waals surface area contributed by atoms with E-state index in [1.165, 1.54) is 41.3 Å². The number of halogens is 1. The lowest BCUT2D eigenvalue weighted by Gasteiger charge is -2.08. The van der Waals surface area contributed by atoms with Gasteiger partial charge in [0.25, 0.3) is 5.91 Å². The number of hydrogen-bond acceptors (Lipinski definition) is 4. The second kappa shape index (κ2) is 8.09. The molecule has 6 heteroatoms. The molecule has 0 saturated heterocycles. The first-order chi connectivity index (χ1) is 12.1. The summed E-state index contributed by atoms with van der Waals surface area (Å²) in [6.45, 7) is 0. The number of amides is 1. The first-order valence-electron chi connectivity index (χ1n) is 7.49. The minimum Gasteiger partial charge on any atom is -0.322 e. The van der Waals surface area contributed by atoms with Crippen LogP contribution in [0, 0.1) is 5.82 Å². The van der Waals surface area contributed by atoms with Gasteiger partial charge in [-0.3, -0.25) is 9.59 Å². The average Bonchev–Trinajstić information content (AvgIpc) is 3.15. The topological polar surface area (TPSA) is 46.2 Å². The largest absolute Gasteiger partial charge is 0.322 e. The predicted octanol–water partition coefficient (Wildman–Crippen LogP) is 5.11. The molecule has 3 nitrogen and oxygen atoms in total. The van der Waals surface area contributed by atoms with Crippen molar-refractivity contribution in [2.24, 2.45) is 0 Å². The fraction of sp³-hybridized carbons (Fsp3) is 0.0526. The lowest BCUT2D eigenvalue weighted by atomic mass is 10.2. The van der Waals surface area contributed by atoms with Gasteiger partial charge >= 0.3 is 0 Å². The third kappa shape index (κ3) is 4.55. The number of thiophene rings is 1. The first kappa shape index (κ1) is 17.4. The normalized spacial score (nSPS) is 10.4. The van der Waals surface area contributed by atoms with Crippen molar-refractivity contribution in [1.29, 1.82) is 0 Å². The maximum atomic E-state index is 13.7. The number of ketones is 1. The van der Waals surface area contributed by atoms with Crippen LogP contribution in [0.1, 0.15) is 20.0 Å². The minimum atomic E-state index is -0.563. The molecule has 0 aliphatic rings. The Hall–Kier alpha value is -2.44. The summed E-state index contributed by atoms with van der Waals surface area (Å²) in [5, 5.41) is 4.55. The highest BCUT2D eigenvalue weighted by Gasteiger charge is 2.12. The summed E-state index contributed by atoms with van der Waals surface area (Å²) in [5.74, 6) is -0.673. The summed E-state index contributed by atoms with van der Waals surface area (Å²) >= 11 is 2.82. The van der Waals surface area contributed by atoms with Crippen molar-refractivity contribution >= 4 is 40.5 Å². The van der Waals surface area contributed by atoms with Crippen LogP contribution in [0.5, 0.6) is 0 Å². The molecule has 0 atom stereocenters. The van der Waals surface area contributed by atoms with Gasteiger partial charge in [0, 0.05) is 10.6 Å². The lowest BCUT2D eigenvalue weighted by molar-refractivity contribution is 0.101. The zero-order valence-electron chi connectivity index (χ0n) is 13.1. The van der Waals surface area contributed by atoms with Crippen LogP contribution >= 0.6 is 23.1 Å². The Labute approximate surface area is 152 Å². The van der Waals surface area contributed by atoms with Crippen LogP contribution in [0.15, 0.2) is 70.9 Å². The molecule has 0 aliphatic carbocycles. The van der Waals surface area contributed by atoms with Crippen molar-refractivity contribution in [3.05, 3.63) is 82.3 Å². The number of hydrogen-bond donors (Lipinski definition) is 1. The fourth-order valence-electron chi connectivity index (χ4n) is 2.16. The van der Waals surface area contributed by atoms with Gasteiger partial charge in [-0.25, -0.2) is 4.39 Å². The van der Waals surface area contributed by atoms with E-state index in [9.17, 15) is 14.0 Å². The molecule has 0 aliphatic heterocycles. The summed E-state index contributed by atoms with van der Waals surface area (Å²) in [5.41, 5.74) is 0.551. The van der Waals surface area contributed by atoms with Crippen LogP contribution in [0.25, 0.3) is 0 Å². The fourth-order valence-corrected chi connectivity index (χ4v) is 3.76. The number of anilines is 1. The molecule has 0 bridgehead atoms. The monoisotopic (exact) mass is 371 g/mol. The molecule has 1 heterocycles. The van der Waals surface area contributed by atoms with Crippen molar-refractivity contribution in [3.63, 3.8) is 0 Å². The molecular formula is C19H14FNO2S2. The van der Waals surface area contributed by atoms with Crippen LogP contribution in [0.4, 0.5) is 10.1 Å². The van der Waals surface area contributed by atoms with Crippen molar-refractivity contribution in [1.82, 2.24) is 0 Å². The van der Waals surface area contributed by atoms with Crippen molar-refractivity contribution < 1.29 is 14.0 Å². The van der Waals surface area contributed by atoms with E-state index in [0.29, 0.717) is 11.4 Å². The van der Waals surface area contributed by atoms with E-state index in [1.807, 2.05) is 17.5 Å². The molecular weight excluding hydrogens is 357 g/mol. The standard InChI is InChI=1S/C19H14FNO2S2/c20-16-8-2-1-7-15(16)19(23)21-13-5-3-6-14(11-13)25-12-17(22)18-9-4-10-24-18/h1-11H,12H2,(H,21,23). The van der Waals surface area contributed by atoms with Gasteiger partial charge in [0.15, 0.2) is 5.78 Å². The van der Waals surface area contributed by atoms with Crippen LogP contribution in [0.3, 0.4) is 0 Å². The van der Waals surface area contributed by atoms with Gasteiger partial charge in [-0.2, -0.15) is 0 Å². The SMILES string of the molecule is O=C(CSc1cccc(NC(=O)c2ccccc2F)c1)c1cccs1. The molecule has 25 heavy (non-hydrogen) atoms. The molecule has 126 valence electrons. The highest BCUT2D eigenvalue weighted by atomic mass is 32.2. The van der Waals surface area contributed by atoms with E-state index in [0.717, 1.165) is 9.77 Å². The van der Waals surface area contributed by atoms with E-state index in [-0.39, 0.29) is 11.3 Å². The molecule has 1 N–H and O–H groups in total. The van der Waals surface area contributed by atoms with Crippen LogP contribution in [-0.2, 0) is 0 Å². The summed E-state index contributed by atoms with van der Waals surface area (Å²) in [7, 11) is 0. The van der Waals surface area contributed by atoms with Crippen molar-refractivity contribution in [3.8, 4) is 0 Å². The smallest absolute Gasteiger partial charge is 0.258 e. The Morgan fingerprint density at radius 3 is 2.64 bits per heavy atom. The zero-order chi connectivity index (χ0) is 17.6. The Morgan fingerprint density at radius 1 is 1.04 bits per heavy atom. The van der Waals surface area contributed by atoms with E-state index < -0.39 is 11.7 Å². The number of thioether (sulfide) groups is 1. The van der Waals surface area contributed by atoms with Gasteiger partial charge in [-0.05, 0) is 41.8 Å². The number of rotatable bonds is 6. The van der Waals surface area contributed by atoms with Gasteiger partial charge in [0.1, 0.15) is 5.82 Å². The summed E-state index contributed by atoms with van der Waals surface area (Å²) in [6.07, 6.45) is 0. The van der Waals surface area contributed by atoms with Crippen LogP contribution in [-0.4, -0.2) is 17.4 Å². The molecule has 3 rings (SSSR count). The molecule has 0 spiro atoms. The number of benzene rings is 2. The number of carbonyl (C=O) groups excluding carboxylic acids is 2. The van der Waals surface area contributed by atoms with Gasteiger partial charge in [-0.15, -0.1) is 23.1 Å². The molecule has 1 amide bonds. The van der Waals surface area contributed by atoms with E-state index in [2.05, 4.69) is 5.32 Å². The molecule has 2 aromatic carbocycles. The summed E-state index contributed by atoms with van der Waals surface area (Å²) in [6, 6.07) is 16.6. The van der Waals surface area contributed by atoms with Gasteiger partial charge in [0.2, 0.25) is 0 Å². The number of Topliss-reactive ketones (excluding diaryl/α,β-unsaturated/α-hetero) is 1. The molecule has 0 radical (unpaired) electrons. The van der Waals surface area contributed by atoms with Gasteiger partial charge < -0.3 is 5.32 Å². The maximum Gasteiger partial charge on any atom is 0.258 e. The first-order valence-corrected chi connectivity index (χ1v) is 9.35. The molecule has 0 unspecified atom stereocenters. The highest BCUT2D eigenvalue weighted by Crippen LogP contribution is 2.24. The molecule has 1 aromatic heterocycles. The third-order valence-electron chi connectivity index (χ3n) is 3.38. The van der Waals surface area contributed by atoms with Crippen LogP contribution < -0.4 is 5.32 Å². The minimum absolute atomic E-state index is 0.00608. The van der Waals surface area contributed by atoms with Crippen molar-refractivity contribution in [2.45, 2.75) is 4.90 Å². The zero-order valence-corrected chi connectivity index (χ0v) is 14.7. The van der Waals surface area contributed by atoms with E-state index >= 15 is 0 Å². The molecule has 3 aromatic rings. The third-order valence-corrected chi connectivity index (χ3v) is 5.28.